The molecule has 0 unspecified atom stereocenters. The van der Waals surface area contributed by atoms with Crippen molar-refractivity contribution in [3.8, 4) is 0 Å². The second-order valence-corrected chi connectivity index (χ2v) is 8.72. The number of anilines is 1. The van der Waals surface area contributed by atoms with Gasteiger partial charge in [0, 0.05) is 24.8 Å². The summed E-state index contributed by atoms with van der Waals surface area (Å²) in [4.78, 5) is 13.7. The van der Waals surface area contributed by atoms with Gasteiger partial charge in [-0.15, -0.1) is 0 Å². The van der Waals surface area contributed by atoms with E-state index in [4.69, 9.17) is 0 Å². The molecule has 2 rings (SSSR count). The number of benzene rings is 1. The zero-order valence-electron chi connectivity index (χ0n) is 13.5. The first-order chi connectivity index (χ1) is 10.8. The number of amides is 1. The minimum Gasteiger partial charge on any atom is -0.382 e. The highest BCUT2D eigenvalue weighted by molar-refractivity contribution is 7.92. The summed E-state index contributed by atoms with van der Waals surface area (Å²) in [7, 11) is -3.36. The van der Waals surface area contributed by atoms with E-state index in [0.29, 0.717) is 13.1 Å². The highest BCUT2D eigenvalue weighted by atomic mass is 32.2. The number of nitrogens with one attached hydrogen (secondary N) is 1. The van der Waals surface area contributed by atoms with Gasteiger partial charge < -0.3 is 10.2 Å². The van der Waals surface area contributed by atoms with Gasteiger partial charge >= 0.3 is 0 Å². The lowest BCUT2D eigenvalue weighted by molar-refractivity contribution is -0.129. The Morgan fingerprint density at radius 3 is 2.35 bits per heavy atom. The Morgan fingerprint density at radius 1 is 1.26 bits per heavy atom. The molecule has 23 heavy (non-hydrogen) atoms. The Kier molecular flexibility index (Phi) is 5.62. The average Bonchev–Trinajstić information content (AvgIpc) is 2.49. The lowest BCUT2D eigenvalue weighted by Crippen LogP contribution is -2.45. The summed E-state index contributed by atoms with van der Waals surface area (Å²) in [5.74, 6) is -1.01. The maximum Gasteiger partial charge on any atom is 0.237 e. The van der Waals surface area contributed by atoms with Gasteiger partial charge in [-0.3, -0.25) is 4.79 Å². The predicted octanol–water partition coefficient (Wildman–Crippen LogP) is 2.05. The van der Waals surface area contributed by atoms with Gasteiger partial charge in [0.1, 0.15) is 11.6 Å². The average molecular weight is 342 g/mol. The van der Waals surface area contributed by atoms with Crippen LogP contribution in [0.2, 0.25) is 0 Å². The first-order valence-corrected chi connectivity index (χ1v) is 9.51. The Morgan fingerprint density at radius 2 is 1.83 bits per heavy atom. The summed E-state index contributed by atoms with van der Waals surface area (Å²) in [6.45, 7) is 4.24. The quantitative estimate of drug-likeness (QED) is 0.889. The van der Waals surface area contributed by atoms with Gasteiger partial charge in [0.25, 0.3) is 0 Å². The fourth-order valence-electron chi connectivity index (χ4n) is 2.49. The molecule has 0 spiro atoms. The van der Waals surface area contributed by atoms with Crippen molar-refractivity contribution in [1.82, 2.24) is 4.90 Å². The Bertz CT molecular complexity index is 636. The highest BCUT2D eigenvalue weighted by Gasteiger charge is 2.27. The Hall–Kier alpha value is -1.63. The lowest BCUT2D eigenvalue weighted by Gasteiger charge is -2.33. The van der Waals surface area contributed by atoms with Gasteiger partial charge in [0.05, 0.1) is 5.25 Å². The summed E-state index contributed by atoms with van der Waals surface area (Å²) >= 11 is 0. The second kappa shape index (κ2) is 7.29. The third kappa shape index (κ3) is 4.92. The first-order valence-electron chi connectivity index (χ1n) is 7.79. The smallest absolute Gasteiger partial charge is 0.237 e. The predicted molar refractivity (Wildman–Crippen MR) is 88.5 cm³/mol. The maximum atomic E-state index is 12.9. The van der Waals surface area contributed by atoms with Crippen molar-refractivity contribution in [3.05, 3.63) is 30.1 Å². The number of nitrogens with zero attached hydrogens (tertiary/aromatic N) is 1. The van der Waals surface area contributed by atoms with Gasteiger partial charge in [0.15, 0.2) is 9.84 Å². The monoisotopic (exact) mass is 342 g/mol. The number of hydrogen-bond donors (Lipinski definition) is 1. The molecule has 1 aromatic carbocycles. The number of sulfone groups is 1. The molecule has 1 N–H and O–H groups in total. The van der Waals surface area contributed by atoms with Crippen LogP contribution in [0.15, 0.2) is 24.3 Å². The Balaban J connectivity index is 1.84. The maximum absolute atomic E-state index is 12.9. The van der Waals surface area contributed by atoms with Crippen LogP contribution in [0.5, 0.6) is 0 Å². The molecule has 0 atom stereocenters. The van der Waals surface area contributed by atoms with E-state index in [0.717, 1.165) is 18.5 Å². The fraction of sp³-hybridized carbons (Fsp3) is 0.562. The SMILES string of the molecule is CC(C)S(=O)(=O)CC(=O)N1CCC(Nc2ccc(F)cc2)CC1. The van der Waals surface area contributed by atoms with Crippen LogP contribution in [0, 0.1) is 5.82 Å². The van der Waals surface area contributed by atoms with Crippen LogP contribution < -0.4 is 5.32 Å². The lowest BCUT2D eigenvalue weighted by atomic mass is 10.0. The summed E-state index contributed by atoms with van der Waals surface area (Å²) in [5, 5.41) is 2.77. The number of hydrogen-bond acceptors (Lipinski definition) is 4. The van der Waals surface area contributed by atoms with E-state index in [9.17, 15) is 17.6 Å². The van der Waals surface area contributed by atoms with E-state index in [1.54, 1.807) is 30.9 Å². The fourth-order valence-corrected chi connectivity index (χ4v) is 3.35. The van der Waals surface area contributed by atoms with Crippen molar-refractivity contribution in [3.63, 3.8) is 0 Å². The van der Waals surface area contributed by atoms with E-state index < -0.39 is 20.8 Å². The topological polar surface area (TPSA) is 66.5 Å². The summed E-state index contributed by atoms with van der Waals surface area (Å²) in [5.41, 5.74) is 0.846. The summed E-state index contributed by atoms with van der Waals surface area (Å²) in [6.07, 6.45) is 1.48. The van der Waals surface area contributed by atoms with Crippen LogP contribution in [-0.2, 0) is 14.6 Å². The van der Waals surface area contributed by atoms with Crippen LogP contribution in [0.3, 0.4) is 0 Å². The molecule has 1 aliphatic rings. The van der Waals surface area contributed by atoms with Crippen molar-refractivity contribution >= 4 is 21.4 Å². The van der Waals surface area contributed by atoms with Crippen molar-refractivity contribution < 1.29 is 17.6 Å². The molecule has 1 fully saturated rings. The number of carbonyl (C=O) groups is 1. The van der Waals surface area contributed by atoms with E-state index in [2.05, 4.69) is 5.32 Å². The number of likely N-dealkylation sites (tertiary alicyclic amines) is 1. The third-order valence-corrected chi connectivity index (χ3v) is 6.19. The molecule has 7 heteroatoms. The van der Waals surface area contributed by atoms with Gasteiger partial charge in [-0.1, -0.05) is 0 Å². The molecule has 1 aliphatic heterocycles. The summed E-state index contributed by atoms with van der Waals surface area (Å²) in [6, 6.07) is 6.37. The molecule has 1 aromatic rings. The van der Waals surface area contributed by atoms with Crippen molar-refractivity contribution in [2.24, 2.45) is 0 Å². The van der Waals surface area contributed by atoms with Gasteiger partial charge in [-0.2, -0.15) is 0 Å². The minimum atomic E-state index is -3.36. The van der Waals surface area contributed by atoms with Crippen LogP contribution >= 0.6 is 0 Å². The molecular weight excluding hydrogens is 319 g/mol. The molecule has 5 nitrogen and oxygen atoms in total. The molecule has 1 amide bonds. The van der Waals surface area contributed by atoms with Crippen LogP contribution in [0.4, 0.5) is 10.1 Å². The zero-order chi connectivity index (χ0) is 17.0. The molecule has 0 bridgehead atoms. The van der Waals surface area contributed by atoms with Gasteiger partial charge in [-0.25, -0.2) is 12.8 Å². The molecular formula is C16H23FN2O3S. The normalized spacial score (nSPS) is 16.6. The van der Waals surface area contributed by atoms with Crippen LogP contribution in [-0.4, -0.2) is 49.4 Å². The Labute approximate surface area is 136 Å². The molecule has 0 saturated carbocycles. The van der Waals surface area contributed by atoms with Gasteiger partial charge in [-0.05, 0) is 51.0 Å². The van der Waals surface area contributed by atoms with Crippen LogP contribution in [0.25, 0.3) is 0 Å². The molecule has 0 aromatic heterocycles. The summed E-state index contributed by atoms with van der Waals surface area (Å²) < 4.78 is 36.5. The highest BCUT2D eigenvalue weighted by Crippen LogP contribution is 2.17. The largest absolute Gasteiger partial charge is 0.382 e. The van der Waals surface area contributed by atoms with Crippen molar-refractivity contribution in [2.75, 3.05) is 24.2 Å². The molecule has 1 saturated heterocycles. The standard InChI is InChI=1S/C16H23FN2O3S/c1-12(2)23(21,22)11-16(20)19-9-7-15(8-10-19)18-14-5-3-13(17)4-6-14/h3-6,12,15,18H,7-11H2,1-2H3. The van der Waals surface area contributed by atoms with E-state index >= 15 is 0 Å². The number of piperidine rings is 1. The molecule has 0 aliphatic carbocycles. The van der Waals surface area contributed by atoms with E-state index in [1.165, 1.54) is 12.1 Å². The zero-order valence-corrected chi connectivity index (χ0v) is 14.3. The van der Waals surface area contributed by atoms with E-state index in [-0.39, 0.29) is 17.8 Å². The number of carbonyl (C=O) groups excluding carboxylic acids is 1. The second-order valence-electron chi connectivity index (χ2n) is 6.16. The number of halogens is 1. The minimum absolute atomic E-state index is 0.200. The molecule has 1 heterocycles. The number of rotatable bonds is 5. The van der Waals surface area contributed by atoms with Gasteiger partial charge in [0.2, 0.25) is 5.91 Å². The first kappa shape index (κ1) is 17.7. The third-order valence-electron chi connectivity index (χ3n) is 4.11. The van der Waals surface area contributed by atoms with Crippen molar-refractivity contribution in [2.45, 2.75) is 38.0 Å². The van der Waals surface area contributed by atoms with Crippen molar-refractivity contribution in [1.29, 1.82) is 0 Å². The molecule has 128 valence electrons. The van der Waals surface area contributed by atoms with Crippen LogP contribution in [0.1, 0.15) is 26.7 Å². The van der Waals surface area contributed by atoms with E-state index in [1.807, 2.05) is 0 Å². The molecule has 0 radical (unpaired) electrons.